The molecule has 0 spiro atoms. The first kappa shape index (κ1) is 15.5. The van der Waals surface area contributed by atoms with Crippen LogP contribution >= 0.6 is 0 Å². The van der Waals surface area contributed by atoms with E-state index in [9.17, 15) is 15.2 Å². The molecule has 1 aliphatic rings. The lowest BCUT2D eigenvalue weighted by atomic mass is 10.1. The molecule has 1 aromatic rings. The topological polar surface area (TPSA) is 85.1 Å². The van der Waals surface area contributed by atoms with Gasteiger partial charge < -0.3 is 14.6 Å². The smallest absolute Gasteiger partial charge is 0.314 e. The van der Waals surface area contributed by atoms with Gasteiger partial charge in [-0.15, -0.1) is 0 Å². The Morgan fingerprint density at radius 1 is 1.43 bits per heavy atom. The number of phenols is 1. The Hall–Kier alpha value is -1.86. The number of hydrogen-bond donors (Lipinski definition) is 1. The summed E-state index contributed by atoms with van der Waals surface area (Å²) >= 11 is 0. The molecule has 1 aliphatic heterocycles. The second-order valence-electron chi connectivity index (χ2n) is 5.37. The predicted octanol–water partition coefficient (Wildman–Crippen LogP) is 1.92. The van der Waals surface area contributed by atoms with Gasteiger partial charge in [-0.05, 0) is 25.5 Å². The van der Waals surface area contributed by atoms with Gasteiger partial charge in [-0.25, -0.2) is 0 Å². The van der Waals surface area contributed by atoms with Gasteiger partial charge in [0.05, 0.1) is 24.2 Å². The number of ether oxygens (including phenoxy) is 2. The molecule has 2 atom stereocenters. The normalized spacial score (nSPS) is 23.0. The molecule has 1 aromatic carbocycles. The number of nitrogens with zero attached hydrogens (tertiary/aromatic N) is 2. The molecule has 1 fully saturated rings. The van der Waals surface area contributed by atoms with Crippen LogP contribution in [0.1, 0.15) is 19.4 Å². The second-order valence-corrected chi connectivity index (χ2v) is 5.37. The summed E-state index contributed by atoms with van der Waals surface area (Å²) in [5, 5.41) is 20.8. The van der Waals surface area contributed by atoms with Gasteiger partial charge in [0.15, 0.2) is 5.75 Å². The van der Waals surface area contributed by atoms with E-state index in [0.29, 0.717) is 6.54 Å². The maximum Gasteiger partial charge on any atom is 0.314 e. The Morgan fingerprint density at radius 3 is 2.57 bits per heavy atom. The van der Waals surface area contributed by atoms with Crippen molar-refractivity contribution in [1.29, 1.82) is 0 Å². The van der Waals surface area contributed by atoms with Crippen molar-refractivity contribution in [3.05, 3.63) is 27.8 Å². The first-order chi connectivity index (χ1) is 9.90. The van der Waals surface area contributed by atoms with Crippen LogP contribution < -0.4 is 4.74 Å². The number of aromatic hydroxyl groups is 1. The van der Waals surface area contributed by atoms with Crippen molar-refractivity contribution in [2.45, 2.75) is 32.6 Å². The summed E-state index contributed by atoms with van der Waals surface area (Å²) in [5.74, 6) is -0.316. The molecule has 2 rings (SSSR count). The summed E-state index contributed by atoms with van der Waals surface area (Å²) in [4.78, 5) is 12.6. The Balaban J connectivity index is 2.23. The number of rotatable bonds is 4. The summed E-state index contributed by atoms with van der Waals surface area (Å²) in [6.07, 6.45) is 0.255. The van der Waals surface area contributed by atoms with Crippen molar-refractivity contribution in [3.63, 3.8) is 0 Å². The van der Waals surface area contributed by atoms with Crippen molar-refractivity contribution < 1.29 is 19.5 Å². The number of benzene rings is 1. The molecule has 0 bridgehead atoms. The first-order valence-electron chi connectivity index (χ1n) is 6.82. The van der Waals surface area contributed by atoms with Crippen LogP contribution in [-0.2, 0) is 11.3 Å². The molecule has 21 heavy (non-hydrogen) atoms. The van der Waals surface area contributed by atoms with E-state index in [1.165, 1.54) is 13.2 Å². The third-order valence-electron chi connectivity index (χ3n) is 3.43. The van der Waals surface area contributed by atoms with E-state index >= 15 is 0 Å². The van der Waals surface area contributed by atoms with E-state index in [1.54, 1.807) is 6.07 Å². The minimum Gasteiger partial charge on any atom is -0.500 e. The van der Waals surface area contributed by atoms with Gasteiger partial charge in [0.1, 0.15) is 0 Å². The van der Waals surface area contributed by atoms with Crippen LogP contribution in [0.5, 0.6) is 11.5 Å². The molecule has 1 N–H and O–H groups in total. The van der Waals surface area contributed by atoms with Crippen LogP contribution in [0.25, 0.3) is 0 Å². The minimum absolute atomic E-state index is 0.119. The second kappa shape index (κ2) is 6.28. The van der Waals surface area contributed by atoms with Gasteiger partial charge in [0.2, 0.25) is 5.75 Å². The number of hydrogen-bond acceptors (Lipinski definition) is 6. The molecule has 1 saturated heterocycles. The summed E-state index contributed by atoms with van der Waals surface area (Å²) in [7, 11) is 1.38. The van der Waals surface area contributed by atoms with Crippen molar-refractivity contribution in [1.82, 2.24) is 4.90 Å². The lowest BCUT2D eigenvalue weighted by molar-refractivity contribution is -0.386. The third kappa shape index (κ3) is 3.62. The van der Waals surface area contributed by atoms with Gasteiger partial charge in [-0.2, -0.15) is 0 Å². The fourth-order valence-corrected chi connectivity index (χ4v) is 2.71. The van der Waals surface area contributed by atoms with Crippen LogP contribution in [0.4, 0.5) is 5.69 Å². The van der Waals surface area contributed by atoms with E-state index in [0.717, 1.165) is 18.7 Å². The average Bonchev–Trinajstić information content (AvgIpc) is 2.39. The summed E-state index contributed by atoms with van der Waals surface area (Å²) < 4.78 is 10.7. The molecule has 0 aliphatic carbocycles. The standard InChI is InChI=1S/C14H20N2O5/c1-9-6-15(7-10(2)21-9)8-11-4-12(16(18)19)14(17)13(5-11)20-3/h4-5,9-10,17H,6-8H2,1-3H3/t9-,10-/m1/s1. The molecular formula is C14H20N2O5. The number of nitro groups is 1. The molecule has 7 nitrogen and oxygen atoms in total. The molecule has 116 valence electrons. The molecule has 1 heterocycles. The highest BCUT2D eigenvalue weighted by Crippen LogP contribution is 2.37. The van der Waals surface area contributed by atoms with Gasteiger partial charge >= 0.3 is 5.69 Å². The third-order valence-corrected chi connectivity index (χ3v) is 3.43. The highest BCUT2D eigenvalue weighted by atomic mass is 16.6. The highest BCUT2D eigenvalue weighted by Gasteiger charge is 2.24. The van der Waals surface area contributed by atoms with Crippen LogP contribution in [0, 0.1) is 10.1 Å². The Bertz CT molecular complexity index is 524. The van der Waals surface area contributed by atoms with Gasteiger partial charge in [0.25, 0.3) is 0 Å². The van der Waals surface area contributed by atoms with Crippen molar-refractivity contribution in [2.24, 2.45) is 0 Å². The summed E-state index contributed by atoms with van der Waals surface area (Å²) in [6.45, 7) is 6.09. The molecule has 7 heteroatoms. The quantitative estimate of drug-likeness (QED) is 0.675. The fourth-order valence-electron chi connectivity index (χ4n) is 2.71. The van der Waals surface area contributed by atoms with E-state index < -0.39 is 10.7 Å². The molecule has 0 saturated carbocycles. The largest absolute Gasteiger partial charge is 0.500 e. The van der Waals surface area contributed by atoms with Gasteiger partial charge in [-0.3, -0.25) is 15.0 Å². The summed E-state index contributed by atoms with van der Waals surface area (Å²) in [5.41, 5.74) is 0.399. The number of nitro benzene ring substituents is 1. The van der Waals surface area contributed by atoms with Crippen molar-refractivity contribution >= 4 is 5.69 Å². The maximum atomic E-state index is 11.0. The Labute approximate surface area is 123 Å². The zero-order valence-corrected chi connectivity index (χ0v) is 12.4. The predicted molar refractivity (Wildman–Crippen MR) is 76.6 cm³/mol. The molecular weight excluding hydrogens is 276 g/mol. The molecule has 0 aromatic heterocycles. The lowest BCUT2D eigenvalue weighted by Crippen LogP contribution is -2.44. The number of methoxy groups -OCH3 is 1. The zero-order valence-electron chi connectivity index (χ0n) is 12.4. The monoisotopic (exact) mass is 296 g/mol. The van der Waals surface area contributed by atoms with Gasteiger partial charge in [-0.1, -0.05) is 0 Å². The minimum atomic E-state index is -0.605. The summed E-state index contributed by atoms with van der Waals surface area (Å²) in [6, 6.07) is 3.02. The van der Waals surface area contributed by atoms with E-state index in [1.807, 2.05) is 13.8 Å². The van der Waals surface area contributed by atoms with Crippen LogP contribution in [-0.4, -0.2) is 47.3 Å². The Morgan fingerprint density at radius 2 is 2.05 bits per heavy atom. The van der Waals surface area contributed by atoms with Crippen LogP contribution in [0.15, 0.2) is 12.1 Å². The van der Waals surface area contributed by atoms with E-state index in [4.69, 9.17) is 9.47 Å². The SMILES string of the molecule is COc1cc(CN2C[C@@H](C)O[C@H](C)C2)cc([N+](=O)[O-])c1O. The highest BCUT2D eigenvalue weighted by molar-refractivity contribution is 5.57. The molecule has 0 radical (unpaired) electrons. The van der Waals surface area contributed by atoms with Crippen LogP contribution in [0.3, 0.4) is 0 Å². The number of morpholine rings is 1. The van der Waals surface area contributed by atoms with Crippen LogP contribution in [0.2, 0.25) is 0 Å². The molecule has 0 unspecified atom stereocenters. The maximum absolute atomic E-state index is 11.0. The van der Waals surface area contributed by atoms with Gasteiger partial charge in [0, 0.05) is 25.7 Å². The van der Waals surface area contributed by atoms with Crippen molar-refractivity contribution in [2.75, 3.05) is 20.2 Å². The van der Waals surface area contributed by atoms with E-state index in [-0.39, 0.29) is 23.6 Å². The molecule has 0 amide bonds. The first-order valence-corrected chi connectivity index (χ1v) is 6.82. The zero-order chi connectivity index (χ0) is 15.6. The van der Waals surface area contributed by atoms with Crippen molar-refractivity contribution in [3.8, 4) is 11.5 Å². The average molecular weight is 296 g/mol. The Kier molecular flexibility index (Phi) is 4.64. The van der Waals surface area contributed by atoms with E-state index in [2.05, 4.69) is 4.90 Å². The number of phenolic OH excluding ortho intramolecular Hbond substituents is 1. The fraction of sp³-hybridized carbons (Fsp3) is 0.571. The lowest BCUT2D eigenvalue weighted by Gasteiger charge is -2.35.